The van der Waals surface area contributed by atoms with Gasteiger partial charge in [-0.1, -0.05) is 23.9 Å². The van der Waals surface area contributed by atoms with E-state index in [0.29, 0.717) is 40.5 Å². The van der Waals surface area contributed by atoms with E-state index >= 15 is 0 Å². The fraction of sp³-hybridized carbons (Fsp3) is 0.190. The first-order chi connectivity index (χ1) is 14.7. The molecule has 0 spiro atoms. The summed E-state index contributed by atoms with van der Waals surface area (Å²) in [7, 11) is 3.23. The monoisotopic (exact) mass is 424 g/mol. The van der Waals surface area contributed by atoms with Crippen LogP contribution in [-0.4, -0.2) is 46.2 Å². The summed E-state index contributed by atoms with van der Waals surface area (Å²) in [5, 5.41) is 3.36. The molecule has 0 saturated carbocycles. The number of nitrogens with one attached hydrogen (secondary N) is 1. The summed E-state index contributed by atoms with van der Waals surface area (Å²) in [6, 6.07) is 16.4. The Kier molecular flexibility index (Phi) is 5.89. The fourth-order valence-electron chi connectivity index (χ4n) is 2.87. The van der Waals surface area contributed by atoms with Gasteiger partial charge in [0.1, 0.15) is 5.75 Å². The van der Waals surface area contributed by atoms with Crippen molar-refractivity contribution in [2.45, 2.75) is 5.16 Å². The van der Waals surface area contributed by atoms with E-state index in [1.807, 2.05) is 48.5 Å². The molecule has 0 unspecified atom stereocenters. The van der Waals surface area contributed by atoms with Gasteiger partial charge in [-0.3, -0.25) is 9.89 Å². The molecule has 0 amide bonds. The largest absolute Gasteiger partial charge is 0.497 e. The molecule has 4 aromatic rings. The maximum absolute atomic E-state index is 11.8. The van der Waals surface area contributed by atoms with Crippen molar-refractivity contribution in [2.24, 2.45) is 0 Å². The van der Waals surface area contributed by atoms with Gasteiger partial charge in [-0.05, 0) is 36.4 Å². The molecule has 0 aliphatic carbocycles. The van der Waals surface area contributed by atoms with Crippen molar-refractivity contribution in [1.29, 1.82) is 0 Å². The zero-order valence-electron chi connectivity index (χ0n) is 16.5. The number of ether oxygens (including phenoxy) is 3. The lowest BCUT2D eigenvalue weighted by Gasteiger charge is -2.11. The molecule has 154 valence electrons. The van der Waals surface area contributed by atoms with Crippen LogP contribution in [0.5, 0.6) is 17.2 Å². The van der Waals surface area contributed by atoms with Gasteiger partial charge in [0.05, 0.1) is 20.8 Å². The van der Waals surface area contributed by atoms with E-state index in [-0.39, 0.29) is 5.56 Å². The van der Waals surface area contributed by atoms with Crippen LogP contribution in [0.2, 0.25) is 0 Å². The van der Waals surface area contributed by atoms with Crippen LogP contribution >= 0.6 is 11.8 Å². The first-order valence-electron chi connectivity index (χ1n) is 9.21. The van der Waals surface area contributed by atoms with Crippen molar-refractivity contribution in [3.05, 3.63) is 65.0 Å². The molecule has 0 radical (unpaired) electrons. The summed E-state index contributed by atoms with van der Waals surface area (Å²) in [4.78, 5) is 21.0. The molecule has 2 aromatic heterocycles. The number of para-hydroxylation sites is 2. The van der Waals surface area contributed by atoms with Crippen LogP contribution in [0.4, 0.5) is 0 Å². The third kappa shape index (κ3) is 4.25. The Morgan fingerprint density at radius 2 is 1.77 bits per heavy atom. The molecule has 2 heterocycles. The molecule has 0 aliphatic rings. The van der Waals surface area contributed by atoms with Gasteiger partial charge < -0.3 is 14.2 Å². The molecule has 0 aliphatic heterocycles. The predicted molar refractivity (Wildman–Crippen MR) is 115 cm³/mol. The van der Waals surface area contributed by atoms with E-state index in [0.717, 1.165) is 11.3 Å². The average Bonchev–Trinajstić information content (AvgIpc) is 3.17. The maximum Gasteiger partial charge on any atom is 0.266 e. The van der Waals surface area contributed by atoms with Gasteiger partial charge in [0.15, 0.2) is 28.1 Å². The highest BCUT2D eigenvalue weighted by Crippen LogP contribution is 2.27. The molecule has 1 N–H and O–H groups in total. The number of methoxy groups -OCH3 is 2. The van der Waals surface area contributed by atoms with Gasteiger partial charge in [-0.2, -0.15) is 0 Å². The van der Waals surface area contributed by atoms with Gasteiger partial charge in [0, 0.05) is 17.4 Å². The fourth-order valence-corrected chi connectivity index (χ4v) is 3.64. The van der Waals surface area contributed by atoms with Crippen LogP contribution < -0.4 is 19.8 Å². The Labute approximate surface area is 176 Å². The number of H-pyrrole nitrogens is 1. The highest BCUT2D eigenvalue weighted by Gasteiger charge is 2.12. The number of rotatable bonds is 8. The molecule has 8 nitrogen and oxygen atoms in total. The number of hydrogen-bond donors (Lipinski definition) is 1. The van der Waals surface area contributed by atoms with E-state index in [9.17, 15) is 4.79 Å². The second kappa shape index (κ2) is 8.91. The summed E-state index contributed by atoms with van der Waals surface area (Å²) >= 11 is 1.46. The number of fused-ring (bicyclic) bond motifs is 1. The molecule has 4 rings (SSSR count). The molecule has 30 heavy (non-hydrogen) atoms. The topological polar surface area (TPSA) is 90.7 Å². The Bertz CT molecular complexity index is 1200. The van der Waals surface area contributed by atoms with Crippen LogP contribution in [0, 0.1) is 0 Å². The van der Waals surface area contributed by atoms with Crippen LogP contribution in [-0.2, 0) is 0 Å². The molecule has 0 bridgehead atoms. The van der Waals surface area contributed by atoms with E-state index in [4.69, 9.17) is 14.2 Å². The Morgan fingerprint density at radius 1 is 1.00 bits per heavy atom. The molecule has 0 atom stereocenters. The lowest BCUT2D eigenvalue weighted by atomic mass is 10.2. The number of aromatic amines is 1. The van der Waals surface area contributed by atoms with E-state index < -0.39 is 0 Å². The number of benzene rings is 2. The number of aromatic nitrogens is 4. The normalized spacial score (nSPS) is 10.9. The first-order valence-corrected chi connectivity index (χ1v) is 10.2. The highest BCUT2D eigenvalue weighted by molar-refractivity contribution is 7.99. The Hall–Kier alpha value is -3.46. The summed E-state index contributed by atoms with van der Waals surface area (Å²) in [5.74, 6) is 3.27. The van der Waals surface area contributed by atoms with Gasteiger partial charge in [-0.15, -0.1) is 0 Å². The van der Waals surface area contributed by atoms with Crippen molar-refractivity contribution in [3.8, 4) is 28.6 Å². The lowest BCUT2D eigenvalue weighted by molar-refractivity contribution is 0.313. The van der Waals surface area contributed by atoms with Crippen molar-refractivity contribution in [1.82, 2.24) is 19.6 Å². The Balaban J connectivity index is 1.54. The molecule has 2 aromatic carbocycles. The highest BCUT2D eigenvalue weighted by atomic mass is 32.2. The van der Waals surface area contributed by atoms with Crippen molar-refractivity contribution >= 4 is 17.4 Å². The molecular weight excluding hydrogens is 404 g/mol. The molecular formula is C21H20N4O4S. The van der Waals surface area contributed by atoms with E-state index in [1.165, 1.54) is 17.8 Å². The number of hydrogen-bond acceptors (Lipinski definition) is 7. The number of nitrogens with zero attached hydrogens (tertiary/aromatic N) is 3. The van der Waals surface area contributed by atoms with Crippen LogP contribution in [0.25, 0.3) is 17.0 Å². The third-order valence-electron chi connectivity index (χ3n) is 4.31. The summed E-state index contributed by atoms with van der Waals surface area (Å²) in [6.07, 6.45) is 0. The average molecular weight is 424 g/mol. The first kappa shape index (κ1) is 19.8. The smallest absolute Gasteiger partial charge is 0.266 e. The van der Waals surface area contributed by atoms with Crippen LogP contribution in [0.1, 0.15) is 0 Å². The number of thioether (sulfide) groups is 1. The molecule has 9 heteroatoms. The van der Waals surface area contributed by atoms with Crippen LogP contribution in [0.3, 0.4) is 0 Å². The van der Waals surface area contributed by atoms with Gasteiger partial charge >= 0.3 is 0 Å². The second-order valence-corrected chi connectivity index (χ2v) is 7.28. The summed E-state index contributed by atoms with van der Waals surface area (Å²) < 4.78 is 17.9. The zero-order chi connectivity index (χ0) is 20.9. The van der Waals surface area contributed by atoms with E-state index in [1.54, 1.807) is 18.7 Å². The zero-order valence-corrected chi connectivity index (χ0v) is 17.3. The van der Waals surface area contributed by atoms with Crippen LogP contribution in [0.15, 0.2) is 64.5 Å². The summed E-state index contributed by atoms with van der Waals surface area (Å²) in [5.41, 5.74) is 1.11. The second-order valence-electron chi connectivity index (χ2n) is 6.22. The standard InChI is InChI=1S/C21H20N4O4S/c1-27-15-9-7-14(8-10-15)20-22-18-13-19(26)24-25(18)21(23-20)30-12-11-29-17-6-4-3-5-16(17)28-2/h3-10,13H,11-12H2,1-2H3,(H,24,26). The minimum absolute atomic E-state index is 0.233. The lowest BCUT2D eigenvalue weighted by Crippen LogP contribution is -2.07. The predicted octanol–water partition coefficient (Wildman–Crippen LogP) is 3.27. The van der Waals surface area contributed by atoms with Gasteiger partial charge in [0.25, 0.3) is 5.56 Å². The van der Waals surface area contributed by atoms with Crippen molar-refractivity contribution in [2.75, 3.05) is 26.6 Å². The quantitative estimate of drug-likeness (QED) is 0.343. The van der Waals surface area contributed by atoms with Gasteiger partial charge in [-0.25, -0.2) is 14.5 Å². The minimum Gasteiger partial charge on any atom is -0.497 e. The molecule has 0 fully saturated rings. The molecule has 0 saturated heterocycles. The van der Waals surface area contributed by atoms with E-state index in [2.05, 4.69) is 15.1 Å². The SMILES string of the molecule is COc1ccc(-c2nc(SCCOc3ccccc3OC)n3[nH]c(=O)cc3n2)cc1. The third-order valence-corrected chi connectivity index (χ3v) is 5.22. The van der Waals surface area contributed by atoms with Crippen molar-refractivity contribution < 1.29 is 14.2 Å². The van der Waals surface area contributed by atoms with Crippen molar-refractivity contribution in [3.63, 3.8) is 0 Å². The van der Waals surface area contributed by atoms with Gasteiger partial charge in [0.2, 0.25) is 0 Å². The summed E-state index contributed by atoms with van der Waals surface area (Å²) in [6.45, 7) is 0.444. The maximum atomic E-state index is 11.8. The Morgan fingerprint density at radius 3 is 2.50 bits per heavy atom. The minimum atomic E-state index is -0.233.